The monoisotopic (exact) mass is 399 g/mol. The predicted octanol–water partition coefficient (Wildman–Crippen LogP) is 4.84. The Morgan fingerprint density at radius 2 is 1.85 bits per heavy atom. The summed E-state index contributed by atoms with van der Waals surface area (Å²) in [6.07, 6.45) is 0. The van der Waals surface area contributed by atoms with Crippen LogP contribution in [0.3, 0.4) is 0 Å². The molecule has 1 atom stereocenters. The molecular formula is C15H12Br2FNO. The molecule has 0 saturated carbocycles. The second-order valence-electron chi connectivity index (χ2n) is 4.37. The molecule has 1 N–H and O–H groups in total. The number of amides is 1. The molecule has 1 unspecified atom stereocenters. The van der Waals surface area contributed by atoms with Crippen molar-refractivity contribution in [2.24, 2.45) is 0 Å². The van der Waals surface area contributed by atoms with Crippen LogP contribution < -0.4 is 5.32 Å². The first-order chi connectivity index (χ1) is 9.47. The number of hydrogen-bond acceptors (Lipinski definition) is 1. The Hall–Kier alpha value is -1.20. The van der Waals surface area contributed by atoms with E-state index in [4.69, 9.17) is 0 Å². The highest BCUT2D eigenvalue weighted by Gasteiger charge is 2.15. The van der Waals surface area contributed by atoms with E-state index in [2.05, 4.69) is 37.2 Å². The summed E-state index contributed by atoms with van der Waals surface area (Å²) in [6.45, 7) is 1.86. The highest BCUT2D eigenvalue weighted by atomic mass is 79.9. The van der Waals surface area contributed by atoms with Crippen molar-refractivity contribution in [3.63, 3.8) is 0 Å². The van der Waals surface area contributed by atoms with Crippen LogP contribution in [-0.4, -0.2) is 5.91 Å². The summed E-state index contributed by atoms with van der Waals surface area (Å²) in [4.78, 5) is 12.1. The SMILES string of the molecule is CC(NC(=O)c1cc(Br)ccc1F)c1cccc(Br)c1. The van der Waals surface area contributed by atoms with Crippen molar-refractivity contribution in [1.29, 1.82) is 0 Å². The Kier molecular flexibility index (Phi) is 4.94. The summed E-state index contributed by atoms with van der Waals surface area (Å²) in [5.74, 6) is -0.969. The lowest BCUT2D eigenvalue weighted by atomic mass is 10.1. The molecule has 2 rings (SSSR count). The van der Waals surface area contributed by atoms with Gasteiger partial charge >= 0.3 is 0 Å². The molecule has 0 bridgehead atoms. The lowest BCUT2D eigenvalue weighted by Gasteiger charge is -2.15. The fraction of sp³-hybridized carbons (Fsp3) is 0.133. The molecule has 0 saturated heterocycles. The van der Waals surface area contributed by atoms with Crippen LogP contribution in [0.4, 0.5) is 4.39 Å². The van der Waals surface area contributed by atoms with E-state index in [9.17, 15) is 9.18 Å². The van der Waals surface area contributed by atoms with Crippen LogP contribution in [0.25, 0.3) is 0 Å². The summed E-state index contributed by atoms with van der Waals surface area (Å²) >= 11 is 6.62. The molecule has 0 aliphatic heterocycles. The molecule has 0 heterocycles. The van der Waals surface area contributed by atoms with Gasteiger partial charge in [-0.1, -0.05) is 44.0 Å². The first-order valence-corrected chi connectivity index (χ1v) is 7.57. The van der Waals surface area contributed by atoms with Gasteiger partial charge in [0.25, 0.3) is 5.91 Å². The molecule has 1 amide bonds. The van der Waals surface area contributed by atoms with Gasteiger partial charge in [0.05, 0.1) is 11.6 Å². The van der Waals surface area contributed by atoms with Gasteiger partial charge in [-0.2, -0.15) is 0 Å². The van der Waals surface area contributed by atoms with E-state index in [0.717, 1.165) is 10.0 Å². The fourth-order valence-electron chi connectivity index (χ4n) is 1.81. The third kappa shape index (κ3) is 3.67. The van der Waals surface area contributed by atoms with Gasteiger partial charge in [0.2, 0.25) is 0 Å². The molecule has 2 aromatic carbocycles. The lowest BCUT2D eigenvalue weighted by molar-refractivity contribution is 0.0935. The zero-order chi connectivity index (χ0) is 14.7. The molecule has 0 fully saturated rings. The summed E-state index contributed by atoms with van der Waals surface area (Å²) in [7, 11) is 0. The standard InChI is InChI=1S/C15H12Br2FNO/c1-9(10-3-2-4-11(16)7-10)19-15(20)13-8-12(17)5-6-14(13)18/h2-9H,1H3,(H,19,20). The van der Waals surface area contributed by atoms with Crippen LogP contribution in [0.2, 0.25) is 0 Å². The van der Waals surface area contributed by atoms with Crippen LogP contribution in [0.5, 0.6) is 0 Å². The Labute approximate surface area is 133 Å². The van der Waals surface area contributed by atoms with Crippen LogP contribution in [0.15, 0.2) is 51.4 Å². The first-order valence-electron chi connectivity index (χ1n) is 5.99. The lowest BCUT2D eigenvalue weighted by Crippen LogP contribution is -2.27. The van der Waals surface area contributed by atoms with Gasteiger partial charge in [0, 0.05) is 8.95 Å². The summed E-state index contributed by atoms with van der Waals surface area (Å²) in [6, 6.07) is 11.7. The number of rotatable bonds is 3. The quantitative estimate of drug-likeness (QED) is 0.784. The summed E-state index contributed by atoms with van der Waals surface area (Å²) in [5.41, 5.74) is 0.976. The number of halogens is 3. The molecule has 0 aliphatic rings. The van der Waals surface area contributed by atoms with E-state index < -0.39 is 11.7 Å². The van der Waals surface area contributed by atoms with Gasteiger partial charge in [-0.25, -0.2) is 4.39 Å². The Balaban J connectivity index is 2.17. The maximum Gasteiger partial charge on any atom is 0.254 e. The van der Waals surface area contributed by atoms with E-state index in [0.29, 0.717) is 4.47 Å². The highest BCUT2D eigenvalue weighted by molar-refractivity contribution is 9.10. The third-order valence-corrected chi connectivity index (χ3v) is 3.86. The number of carbonyl (C=O) groups is 1. The average molecular weight is 401 g/mol. The average Bonchev–Trinajstić information content (AvgIpc) is 2.41. The van der Waals surface area contributed by atoms with Gasteiger partial charge in [-0.05, 0) is 42.8 Å². The topological polar surface area (TPSA) is 29.1 Å². The maximum absolute atomic E-state index is 13.6. The third-order valence-electron chi connectivity index (χ3n) is 2.87. The van der Waals surface area contributed by atoms with E-state index >= 15 is 0 Å². The van der Waals surface area contributed by atoms with Crippen LogP contribution in [0.1, 0.15) is 28.9 Å². The van der Waals surface area contributed by atoms with Crippen molar-refractivity contribution < 1.29 is 9.18 Å². The van der Waals surface area contributed by atoms with Gasteiger partial charge in [0.1, 0.15) is 5.82 Å². The minimum Gasteiger partial charge on any atom is -0.345 e. The van der Waals surface area contributed by atoms with Crippen LogP contribution in [0, 0.1) is 5.82 Å². The van der Waals surface area contributed by atoms with Crippen molar-refractivity contribution in [1.82, 2.24) is 5.32 Å². The Morgan fingerprint density at radius 1 is 1.15 bits per heavy atom. The van der Waals surface area contributed by atoms with E-state index in [1.807, 2.05) is 31.2 Å². The highest BCUT2D eigenvalue weighted by Crippen LogP contribution is 2.20. The van der Waals surface area contributed by atoms with Crippen LogP contribution in [-0.2, 0) is 0 Å². The summed E-state index contributed by atoms with van der Waals surface area (Å²) < 4.78 is 15.2. The molecule has 0 spiro atoms. The maximum atomic E-state index is 13.6. The normalized spacial score (nSPS) is 12.0. The fourth-order valence-corrected chi connectivity index (χ4v) is 2.58. The second-order valence-corrected chi connectivity index (χ2v) is 6.21. The van der Waals surface area contributed by atoms with E-state index in [1.54, 1.807) is 6.07 Å². The number of hydrogen-bond donors (Lipinski definition) is 1. The molecule has 0 aliphatic carbocycles. The minimum atomic E-state index is -0.535. The largest absolute Gasteiger partial charge is 0.345 e. The van der Waals surface area contributed by atoms with Crippen molar-refractivity contribution in [2.45, 2.75) is 13.0 Å². The Bertz CT molecular complexity index is 646. The zero-order valence-electron chi connectivity index (χ0n) is 10.7. The molecule has 2 nitrogen and oxygen atoms in total. The molecule has 2 aromatic rings. The second kappa shape index (κ2) is 6.50. The van der Waals surface area contributed by atoms with Crippen molar-refractivity contribution in [3.8, 4) is 0 Å². The first kappa shape index (κ1) is 15.2. The Morgan fingerprint density at radius 3 is 2.55 bits per heavy atom. The van der Waals surface area contributed by atoms with E-state index in [-0.39, 0.29) is 11.6 Å². The van der Waals surface area contributed by atoms with Gasteiger partial charge in [0.15, 0.2) is 0 Å². The van der Waals surface area contributed by atoms with E-state index in [1.165, 1.54) is 12.1 Å². The smallest absolute Gasteiger partial charge is 0.254 e. The molecule has 0 radical (unpaired) electrons. The van der Waals surface area contributed by atoms with Crippen molar-refractivity contribution in [3.05, 3.63) is 68.4 Å². The summed E-state index contributed by atoms with van der Waals surface area (Å²) in [5, 5.41) is 2.79. The number of benzene rings is 2. The van der Waals surface area contributed by atoms with Crippen molar-refractivity contribution >= 4 is 37.8 Å². The zero-order valence-corrected chi connectivity index (χ0v) is 13.8. The van der Waals surface area contributed by atoms with Gasteiger partial charge in [-0.15, -0.1) is 0 Å². The molecule has 104 valence electrons. The predicted molar refractivity (Wildman–Crippen MR) is 84.1 cm³/mol. The van der Waals surface area contributed by atoms with Crippen LogP contribution >= 0.6 is 31.9 Å². The van der Waals surface area contributed by atoms with Crippen molar-refractivity contribution in [2.75, 3.05) is 0 Å². The number of nitrogens with one attached hydrogen (secondary N) is 1. The number of carbonyl (C=O) groups excluding carboxylic acids is 1. The van der Waals surface area contributed by atoms with Gasteiger partial charge < -0.3 is 5.32 Å². The molecule has 5 heteroatoms. The molecule has 0 aromatic heterocycles. The molecular weight excluding hydrogens is 389 g/mol. The minimum absolute atomic E-state index is 0.0289. The molecule has 20 heavy (non-hydrogen) atoms. The van der Waals surface area contributed by atoms with Gasteiger partial charge in [-0.3, -0.25) is 4.79 Å².